The van der Waals surface area contributed by atoms with Crippen LogP contribution in [0.3, 0.4) is 0 Å². The van der Waals surface area contributed by atoms with Gasteiger partial charge in [-0.05, 0) is 29.7 Å². The number of aliphatic hydroxyl groups excluding tert-OH is 1. The van der Waals surface area contributed by atoms with Crippen LogP contribution in [-0.4, -0.2) is 37.2 Å². The number of fused-ring (bicyclic) bond motifs is 1. The Labute approximate surface area is 158 Å². The van der Waals surface area contributed by atoms with Crippen LogP contribution in [-0.2, 0) is 24.3 Å². The number of amides is 1. The number of carbonyl (C=O) groups is 1. The largest absolute Gasteiger partial charge is 0.382 e. The molecule has 2 aromatic heterocycles. The monoisotopic (exact) mass is 362 g/mol. The van der Waals surface area contributed by atoms with Crippen molar-refractivity contribution >= 4 is 5.91 Å². The first-order valence-electron chi connectivity index (χ1n) is 9.17. The van der Waals surface area contributed by atoms with E-state index in [0.29, 0.717) is 25.2 Å². The van der Waals surface area contributed by atoms with Gasteiger partial charge in [0.25, 0.3) is 0 Å². The first-order chi connectivity index (χ1) is 13.2. The second-order valence-electron chi connectivity index (χ2n) is 6.80. The van der Waals surface area contributed by atoms with Gasteiger partial charge < -0.3 is 10.0 Å². The Hall–Kier alpha value is -2.99. The number of aryl methyl sites for hydroxylation is 1. The van der Waals surface area contributed by atoms with Crippen LogP contribution in [0.2, 0.25) is 0 Å². The van der Waals surface area contributed by atoms with E-state index in [9.17, 15) is 9.90 Å². The van der Waals surface area contributed by atoms with Crippen molar-refractivity contribution in [3.8, 4) is 0 Å². The van der Waals surface area contributed by atoms with E-state index in [-0.39, 0.29) is 5.91 Å². The number of nitrogens with zero attached hydrogens (tertiary/aromatic N) is 4. The first kappa shape index (κ1) is 17.4. The molecule has 3 heterocycles. The van der Waals surface area contributed by atoms with E-state index in [1.807, 2.05) is 58.1 Å². The Morgan fingerprint density at radius 1 is 1.15 bits per heavy atom. The summed E-state index contributed by atoms with van der Waals surface area (Å²) in [5.41, 5.74) is 3.31. The molecule has 1 amide bonds. The highest BCUT2D eigenvalue weighted by Crippen LogP contribution is 2.23. The van der Waals surface area contributed by atoms with Crippen LogP contribution >= 0.6 is 0 Å². The zero-order valence-corrected chi connectivity index (χ0v) is 15.0. The van der Waals surface area contributed by atoms with Crippen molar-refractivity contribution in [2.24, 2.45) is 0 Å². The summed E-state index contributed by atoms with van der Waals surface area (Å²) in [5.74, 6) is 0.0859. The lowest BCUT2D eigenvalue weighted by Crippen LogP contribution is -2.32. The lowest BCUT2D eigenvalue weighted by molar-refractivity contribution is -0.131. The molecule has 138 valence electrons. The molecule has 0 bridgehead atoms. The summed E-state index contributed by atoms with van der Waals surface area (Å²) in [6.07, 6.45) is 3.87. The number of carbonyl (C=O) groups excluding carboxylic acids is 1. The van der Waals surface area contributed by atoms with Gasteiger partial charge in [0.15, 0.2) is 0 Å². The fourth-order valence-electron chi connectivity index (χ4n) is 3.43. The SMILES string of the molecule is O=C(Cc1cccnc1)N1CCCn2nc([C@H](O)c3ccccc3)cc2C1. The number of benzene rings is 1. The lowest BCUT2D eigenvalue weighted by atomic mass is 10.1. The van der Waals surface area contributed by atoms with E-state index >= 15 is 0 Å². The highest BCUT2D eigenvalue weighted by Gasteiger charge is 2.23. The third kappa shape index (κ3) is 3.90. The molecule has 27 heavy (non-hydrogen) atoms. The number of aromatic nitrogens is 3. The van der Waals surface area contributed by atoms with Gasteiger partial charge >= 0.3 is 0 Å². The summed E-state index contributed by atoms with van der Waals surface area (Å²) in [6.45, 7) is 1.96. The molecule has 0 unspecified atom stereocenters. The highest BCUT2D eigenvalue weighted by molar-refractivity contribution is 5.78. The maximum atomic E-state index is 12.7. The van der Waals surface area contributed by atoms with Crippen molar-refractivity contribution in [2.75, 3.05) is 6.54 Å². The number of rotatable bonds is 4. The maximum Gasteiger partial charge on any atom is 0.227 e. The number of hydrogen-bond acceptors (Lipinski definition) is 4. The Kier molecular flexibility index (Phi) is 4.98. The second kappa shape index (κ2) is 7.72. The summed E-state index contributed by atoms with van der Waals surface area (Å²) in [5, 5.41) is 15.2. The second-order valence-corrected chi connectivity index (χ2v) is 6.80. The van der Waals surface area contributed by atoms with Gasteiger partial charge in [-0.2, -0.15) is 5.10 Å². The molecular weight excluding hydrogens is 340 g/mol. The predicted molar refractivity (Wildman–Crippen MR) is 101 cm³/mol. The Bertz CT molecular complexity index is 908. The minimum absolute atomic E-state index is 0.0859. The molecule has 0 radical (unpaired) electrons. The normalized spacial score (nSPS) is 15.1. The van der Waals surface area contributed by atoms with Gasteiger partial charge in [-0.1, -0.05) is 36.4 Å². The lowest BCUT2D eigenvalue weighted by Gasteiger charge is -2.20. The van der Waals surface area contributed by atoms with E-state index < -0.39 is 6.10 Å². The molecule has 1 atom stereocenters. The van der Waals surface area contributed by atoms with Crippen molar-refractivity contribution in [1.82, 2.24) is 19.7 Å². The molecular formula is C21H22N4O2. The third-order valence-corrected chi connectivity index (χ3v) is 4.86. The van der Waals surface area contributed by atoms with Crippen LogP contribution in [0.1, 0.15) is 35.0 Å². The quantitative estimate of drug-likeness (QED) is 0.773. The maximum absolute atomic E-state index is 12.7. The van der Waals surface area contributed by atoms with Crippen molar-refractivity contribution < 1.29 is 9.90 Å². The summed E-state index contributed by atoms with van der Waals surface area (Å²) in [6, 6.07) is 15.2. The average molecular weight is 362 g/mol. The molecule has 3 aromatic rings. The minimum atomic E-state index is -0.759. The fourth-order valence-corrected chi connectivity index (χ4v) is 3.43. The third-order valence-electron chi connectivity index (χ3n) is 4.86. The van der Waals surface area contributed by atoms with Crippen LogP contribution in [0, 0.1) is 0 Å². The fraction of sp³-hybridized carbons (Fsp3) is 0.286. The van der Waals surface area contributed by atoms with Gasteiger partial charge in [0.05, 0.1) is 24.4 Å². The molecule has 0 fully saturated rings. The highest BCUT2D eigenvalue weighted by atomic mass is 16.3. The minimum Gasteiger partial charge on any atom is -0.382 e. The molecule has 0 aliphatic carbocycles. The van der Waals surface area contributed by atoms with Gasteiger partial charge in [-0.3, -0.25) is 14.5 Å². The molecule has 1 aromatic carbocycles. The van der Waals surface area contributed by atoms with Gasteiger partial charge in [0.1, 0.15) is 6.10 Å². The average Bonchev–Trinajstić information content (AvgIpc) is 3.00. The number of aliphatic hydroxyl groups is 1. The summed E-state index contributed by atoms with van der Waals surface area (Å²) in [4.78, 5) is 18.7. The first-order valence-corrected chi connectivity index (χ1v) is 9.17. The topological polar surface area (TPSA) is 71.2 Å². The summed E-state index contributed by atoms with van der Waals surface area (Å²) >= 11 is 0. The standard InChI is InChI=1S/C21H22N4O2/c26-20(12-16-6-4-9-22-14-16)24-10-5-11-25-18(15-24)13-19(23-25)21(27)17-7-2-1-3-8-17/h1-4,6-9,13-14,21,27H,5,10-12,15H2/t21-/m1/s1. The molecule has 1 aliphatic heterocycles. The van der Waals surface area contributed by atoms with E-state index in [1.54, 1.807) is 12.4 Å². The van der Waals surface area contributed by atoms with Crippen LogP contribution in [0.4, 0.5) is 0 Å². The van der Waals surface area contributed by atoms with E-state index in [2.05, 4.69) is 10.1 Å². The van der Waals surface area contributed by atoms with Crippen LogP contribution in [0.25, 0.3) is 0 Å². The summed E-state index contributed by atoms with van der Waals surface area (Å²) < 4.78 is 1.92. The van der Waals surface area contributed by atoms with Gasteiger partial charge in [0.2, 0.25) is 5.91 Å². The molecule has 6 nitrogen and oxygen atoms in total. The van der Waals surface area contributed by atoms with Crippen LogP contribution < -0.4 is 0 Å². The zero-order chi connectivity index (χ0) is 18.6. The molecule has 0 saturated carbocycles. The Morgan fingerprint density at radius 3 is 2.78 bits per heavy atom. The van der Waals surface area contributed by atoms with Gasteiger partial charge in [-0.25, -0.2) is 0 Å². The van der Waals surface area contributed by atoms with E-state index in [4.69, 9.17) is 0 Å². The van der Waals surface area contributed by atoms with E-state index in [0.717, 1.165) is 29.8 Å². The Balaban J connectivity index is 1.50. The van der Waals surface area contributed by atoms with Crippen molar-refractivity contribution in [3.63, 3.8) is 0 Å². The number of hydrogen-bond donors (Lipinski definition) is 1. The van der Waals surface area contributed by atoms with E-state index in [1.165, 1.54) is 0 Å². The van der Waals surface area contributed by atoms with Gasteiger partial charge in [-0.15, -0.1) is 0 Å². The van der Waals surface area contributed by atoms with Crippen molar-refractivity contribution in [2.45, 2.75) is 32.0 Å². The zero-order valence-electron chi connectivity index (χ0n) is 15.0. The Morgan fingerprint density at radius 2 is 2.00 bits per heavy atom. The molecule has 0 spiro atoms. The predicted octanol–water partition coefficient (Wildman–Crippen LogP) is 2.33. The molecule has 0 saturated heterocycles. The molecule has 6 heteroatoms. The van der Waals surface area contributed by atoms with Crippen molar-refractivity contribution in [3.05, 3.63) is 83.4 Å². The molecule has 1 N–H and O–H groups in total. The number of pyridine rings is 1. The smallest absolute Gasteiger partial charge is 0.227 e. The van der Waals surface area contributed by atoms with Crippen LogP contribution in [0.15, 0.2) is 60.9 Å². The summed E-state index contributed by atoms with van der Waals surface area (Å²) in [7, 11) is 0. The van der Waals surface area contributed by atoms with Gasteiger partial charge in [0, 0.05) is 25.5 Å². The molecule has 1 aliphatic rings. The molecule has 4 rings (SSSR count). The van der Waals surface area contributed by atoms with Crippen LogP contribution in [0.5, 0.6) is 0 Å². The van der Waals surface area contributed by atoms with Crippen molar-refractivity contribution in [1.29, 1.82) is 0 Å².